The van der Waals surface area contributed by atoms with E-state index in [0.29, 0.717) is 0 Å². The molecule has 0 N–H and O–H groups in total. The Morgan fingerprint density at radius 1 is 0.862 bits per heavy atom. The second-order valence-electron chi connectivity index (χ2n) is 6.56. The maximum atomic E-state index is 12.2. The van der Waals surface area contributed by atoms with E-state index < -0.39 is 6.61 Å². The third kappa shape index (κ3) is 6.39. The summed E-state index contributed by atoms with van der Waals surface area (Å²) in [5.41, 5.74) is 5.13. The van der Waals surface area contributed by atoms with Crippen molar-refractivity contribution in [1.29, 1.82) is 0 Å². The van der Waals surface area contributed by atoms with Crippen molar-refractivity contribution in [3.63, 3.8) is 0 Å². The Bertz CT molecular complexity index is 944. The average molecular weight is 391 g/mol. The van der Waals surface area contributed by atoms with E-state index in [2.05, 4.69) is 46.1 Å². The quantitative estimate of drug-likeness (QED) is 0.293. The Labute approximate surface area is 170 Å². The van der Waals surface area contributed by atoms with Gasteiger partial charge in [-0.3, -0.25) is 4.99 Å². The van der Waals surface area contributed by atoms with Crippen LogP contribution in [0.1, 0.15) is 24.5 Å². The van der Waals surface area contributed by atoms with Gasteiger partial charge in [-0.25, -0.2) is 0 Å². The van der Waals surface area contributed by atoms with Crippen LogP contribution in [0.4, 0.5) is 14.5 Å². The molecule has 0 aromatic heterocycles. The van der Waals surface area contributed by atoms with Gasteiger partial charge in [-0.2, -0.15) is 8.78 Å². The number of rotatable bonds is 8. The third-order valence-electron chi connectivity index (χ3n) is 4.46. The van der Waals surface area contributed by atoms with Crippen molar-refractivity contribution < 1.29 is 13.5 Å². The highest BCUT2D eigenvalue weighted by atomic mass is 19.3. The Morgan fingerprint density at radius 2 is 1.48 bits per heavy atom. The molecule has 0 amide bonds. The van der Waals surface area contributed by atoms with E-state index in [1.165, 1.54) is 17.7 Å². The standard InChI is InChI=1S/C25H23F2NO/c1-2-3-4-5-19-6-8-20(9-7-19)18-28-23-14-10-21(11-15-23)22-12-16-24(17-13-22)29-25(26)27/h2-3,6-18,25H,4-5H2,1H3/b3-2+,28-18?. The summed E-state index contributed by atoms with van der Waals surface area (Å²) in [6.07, 6.45) is 8.19. The van der Waals surface area contributed by atoms with E-state index in [-0.39, 0.29) is 5.75 Å². The van der Waals surface area contributed by atoms with Gasteiger partial charge in [0.1, 0.15) is 5.75 Å². The van der Waals surface area contributed by atoms with Crippen LogP contribution in [0.5, 0.6) is 5.75 Å². The number of hydrogen-bond acceptors (Lipinski definition) is 2. The van der Waals surface area contributed by atoms with Crippen molar-refractivity contribution in [3.8, 4) is 16.9 Å². The molecule has 0 fully saturated rings. The van der Waals surface area contributed by atoms with Crippen LogP contribution in [0.3, 0.4) is 0 Å². The molecule has 0 aliphatic heterocycles. The van der Waals surface area contributed by atoms with E-state index >= 15 is 0 Å². The summed E-state index contributed by atoms with van der Waals surface area (Å²) in [5.74, 6) is 0.151. The largest absolute Gasteiger partial charge is 0.435 e. The molecule has 0 bridgehead atoms. The number of ether oxygens (including phenoxy) is 1. The number of allylic oxidation sites excluding steroid dienone is 2. The average Bonchev–Trinajstić information content (AvgIpc) is 2.74. The van der Waals surface area contributed by atoms with Gasteiger partial charge in [-0.15, -0.1) is 0 Å². The van der Waals surface area contributed by atoms with Crippen LogP contribution >= 0.6 is 0 Å². The Hall–Kier alpha value is -3.27. The summed E-state index contributed by atoms with van der Waals surface area (Å²) >= 11 is 0. The van der Waals surface area contributed by atoms with Crippen LogP contribution in [-0.2, 0) is 6.42 Å². The third-order valence-corrected chi connectivity index (χ3v) is 4.46. The monoisotopic (exact) mass is 391 g/mol. The molecule has 3 rings (SSSR count). The summed E-state index contributed by atoms with van der Waals surface area (Å²) in [4.78, 5) is 4.52. The molecule has 3 aromatic carbocycles. The van der Waals surface area contributed by atoms with Crippen molar-refractivity contribution in [2.24, 2.45) is 4.99 Å². The molecule has 0 heterocycles. The molecule has 2 nitrogen and oxygen atoms in total. The van der Waals surface area contributed by atoms with Gasteiger partial charge in [0, 0.05) is 6.21 Å². The fourth-order valence-corrected chi connectivity index (χ4v) is 2.90. The zero-order valence-electron chi connectivity index (χ0n) is 16.3. The first-order chi connectivity index (χ1) is 14.1. The number of aryl methyl sites for hydroxylation is 1. The predicted octanol–water partition coefficient (Wildman–Crippen LogP) is 7.21. The normalized spacial score (nSPS) is 11.6. The van der Waals surface area contributed by atoms with Crippen LogP contribution < -0.4 is 4.74 Å². The molecule has 0 spiro atoms. The summed E-state index contributed by atoms with van der Waals surface area (Å²) in [6.45, 7) is -0.777. The Balaban J connectivity index is 1.61. The van der Waals surface area contributed by atoms with Crippen molar-refractivity contribution in [2.45, 2.75) is 26.4 Å². The number of nitrogens with zero attached hydrogens (tertiary/aromatic N) is 1. The molecule has 0 aliphatic carbocycles. The Kier molecular flexibility index (Phi) is 7.28. The predicted molar refractivity (Wildman–Crippen MR) is 115 cm³/mol. The van der Waals surface area contributed by atoms with Gasteiger partial charge in [0.2, 0.25) is 0 Å². The number of alkyl halides is 2. The van der Waals surface area contributed by atoms with E-state index in [9.17, 15) is 8.78 Å². The summed E-state index contributed by atoms with van der Waals surface area (Å²) in [6, 6.07) is 22.8. The molecule has 0 unspecified atom stereocenters. The number of halogens is 2. The minimum atomic E-state index is -2.81. The lowest BCUT2D eigenvalue weighted by Crippen LogP contribution is -2.01. The highest BCUT2D eigenvalue weighted by Crippen LogP contribution is 2.25. The van der Waals surface area contributed by atoms with E-state index in [4.69, 9.17) is 0 Å². The molecule has 3 aromatic rings. The zero-order chi connectivity index (χ0) is 20.5. The first kappa shape index (κ1) is 20.5. The number of aliphatic imine (C=N–C) groups is 1. The van der Waals surface area contributed by atoms with Gasteiger partial charge in [0.05, 0.1) is 5.69 Å². The minimum Gasteiger partial charge on any atom is -0.435 e. The summed E-state index contributed by atoms with van der Waals surface area (Å²) in [7, 11) is 0. The van der Waals surface area contributed by atoms with Crippen LogP contribution in [-0.4, -0.2) is 12.8 Å². The van der Waals surface area contributed by atoms with Crippen LogP contribution in [0.15, 0.2) is 89.9 Å². The zero-order valence-corrected chi connectivity index (χ0v) is 16.3. The van der Waals surface area contributed by atoms with E-state index in [1.54, 1.807) is 12.1 Å². The first-order valence-corrected chi connectivity index (χ1v) is 9.53. The Morgan fingerprint density at radius 3 is 2.07 bits per heavy atom. The van der Waals surface area contributed by atoms with Crippen LogP contribution in [0, 0.1) is 0 Å². The highest BCUT2D eigenvalue weighted by molar-refractivity contribution is 5.82. The van der Waals surface area contributed by atoms with Crippen molar-refractivity contribution in [2.75, 3.05) is 0 Å². The van der Waals surface area contributed by atoms with Gasteiger partial charge in [-0.05, 0) is 66.3 Å². The van der Waals surface area contributed by atoms with Gasteiger partial charge < -0.3 is 4.74 Å². The molecule has 0 saturated heterocycles. The van der Waals surface area contributed by atoms with Gasteiger partial charge >= 0.3 is 6.61 Å². The molecule has 0 radical (unpaired) electrons. The van der Waals surface area contributed by atoms with Gasteiger partial charge in [0.15, 0.2) is 0 Å². The lowest BCUT2D eigenvalue weighted by Gasteiger charge is -2.06. The lowest BCUT2D eigenvalue weighted by atomic mass is 10.1. The highest BCUT2D eigenvalue weighted by Gasteiger charge is 2.04. The van der Waals surface area contributed by atoms with Crippen molar-refractivity contribution in [1.82, 2.24) is 0 Å². The number of benzene rings is 3. The molecular weight excluding hydrogens is 368 g/mol. The van der Waals surface area contributed by atoms with Gasteiger partial charge in [0.25, 0.3) is 0 Å². The first-order valence-electron chi connectivity index (χ1n) is 9.53. The smallest absolute Gasteiger partial charge is 0.387 e. The van der Waals surface area contributed by atoms with Gasteiger partial charge in [-0.1, -0.05) is 60.7 Å². The minimum absolute atomic E-state index is 0.151. The second kappa shape index (κ2) is 10.3. The van der Waals surface area contributed by atoms with Crippen molar-refractivity contribution >= 4 is 11.9 Å². The molecule has 29 heavy (non-hydrogen) atoms. The van der Waals surface area contributed by atoms with Crippen molar-refractivity contribution in [3.05, 3.63) is 96.1 Å². The SMILES string of the molecule is C/C=C/CCc1ccc(C=Nc2ccc(-c3ccc(OC(F)F)cc3)cc2)cc1. The fourth-order valence-electron chi connectivity index (χ4n) is 2.90. The molecule has 148 valence electrons. The van der Waals surface area contributed by atoms with E-state index in [1.807, 2.05) is 37.4 Å². The summed E-state index contributed by atoms with van der Waals surface area (Å²) < 4.78 is 28.8. The molecule has 0 aliphatic rings. The topological polar surface area (TPSA) is 21.6 Å². The van der Waals surface area contributed by atoms with Crippen LogP contribution in [0.25, 0.3) is 11.1 Å². The molecule has 4 heteroatoms. The second-order valence-corrected chi connectivity index (χ2v) is 6.56. The summed E-state index contributed by atoms with van der Waals surface area (Å²) in [5, 5.41) is 0. The maximum Gasteiger partial charge on any atom is 0.387 e. The number of hydrogen-bond donors (Lipinski definition) is 0. The van der Waals surface area contributed by atoms with E-state index in [0.717, 1.165) is 35.2 Å². The molecule has 0 atom stereocenters. The lowest BCUT2D eigenvalue weighted by molar-refractivity contribution is -0.0498. The molecule has 0 saturated carbocycles. The van der Waals surface area contributed by atoms with Crippen LogP contribution in [0.2, 0.25) is 0 Å². The fraction of sp³-hybridized carbons (Fsp3) is 0.160. The maximum absolute atomic E-state index is 12.2. The molecular formula is C25H23F2NO.